The molecule has 1 aliphatic heterocycles. The number of methoxy groups -OCH3 is 2. The summed E-state index contributed by atoms with van der Waals surface area (Å²) in [5, 5.41) is 10.1. The molecule has 34 heavy (non-hydrogen) atoms. The van der Waals surface area contributed by atoms with Crippen molar-refractivity contribution < 1.29 is 14.2 Å². The van der Waals surface area contributed by atoms with Gasteiger partial charge in [0.1, 0.15) is 12.4 Å². The maximum atomic E-state index is 10.1. The fourth-order valence-electron chi connectivity index (χ4n) is 4.77. The molecule has 1 heterocycles. The molecule has 2 aromatic rings. The largest absolute Gasteiger partial charge is 0.493 e. The molecule has 3 rings (SSSR count). The molecule has 2 aromatic carbocycles. The second kappa shape index (κ2) is 12.6. The van der Waals surface area contributed by atoms with Crippen LogP contribution in [0, 0.1) is 17.2 Å². The monoisotopic (exact) mass is 465 g/mol. The Bertz CT molecular complexity index is 920. The van der Waals surface area contributed by atoms with E-state index in [0.29, 0.717) is 18.1 Å². The molecule has 0 aliphatic carbocycles. The van der Waals surface area contributed by atoms with Crippen LogP contribution in [0.15, 0.2) is 48.5 Å². The van der Waals surface area contributed by atoms with Gasteiger partial charge in [0.15, 0.2) is 11.5 Å². The van der Waals surface area contributed by atoms with E-state index in [1.165, 1.54) is 0 Å². The fraction of sp³-hybridized carbons (Fsp3) is 0.536. The molecule has 0 spiro atoms. The Balaban J connectivity index is 1.40. The van der Waals surface area contributed by atoms with Crippen molar-refractivity contribution in [2.24, 2.45) is 5.92 Å². The van der Waals surface area contributed by atoms with Gasteiger partial charge in [0.25, 0.3) is 0 Å². The molecule has 184 valence electrons. The van der Waals surface area contributed by atoms with Crippen LogP contribution in [0.5, 0.6) is 17.2 Å². The summed E-state index contributed by atoms with van der Waals surface area (Å²) in [7, 11) is 3.26. The number of benzene rings is 2. The minimum atomic E-state index is -0.412. The lowest BCUT2D eigenvalue weighted by atomic mass is 9.70. The molecule has 0 bridgehead atoms. The Morgan fingerprint density at radius 2 is 1.56 bits per heavy atom. The van der Waals surface area contributed by atoms with E-state index in [1.807, 2.05) is 36.4 Å². The van der Waals surface area contributed by atoms with E-state index in [2.05, 4.69) is 41.8 Å². The third-order valence-electron chi connectivity index (χ3n) is 7.02. The zero-order chi connectivity index (χ0) is 24.4. The third kappa shape index (κ3) is 6.43. The molecule has 1 saturated heterocycles. The van der Waals surface area contributed by atoms with Crippen molar-refractivity contribution in [2.45, 2.75) is 32.1 Å². The van der Waals surface area contributed by atoms with Crippen LogP contribution >= 0.6 is 0 Å². The fourth-order valence-corrected chi connectivity index (χ4v) is 4.77. The lowest BCUT2D eigenvalue weighted by Gasteiger charge is -2.36. The first kappa shape index (κ1) is 25.9. The van der Waals surface area contributed by atoms with Crippen molar-refractivity contribution >= 4 is 0 Å². The quantitative estimate of drug-likeness (QED) is 0.457. The van der Waals surface area contributed by atoms with Crippen LogP contribution in [-0.2, 0) is 5.41 Å². The third-order valence-corrected chi connectivity index (χ3v) is 7.02. The van der Waals surface area contributed by atoms with E-state index in [1.54, 1.807) is 14.2 Å². The van der Waals surface area contributed by atoms with Crippen molar-refractivity contribution in [1.29, 1.82) is 5.26 Å². The summed E-state index contributed by atoms with van der Waals surface area (Å²) in [6.45, 7) is 11.1. The molecule has 6 nitrogen and oxygen atoms in total. The lowest BCUT2D eigenvalue weighted by molar-refractivity contribution is 0.114. The average Bonchev–Trinajstić information content (AvgIpc) is 2.88. The number of hydrogen-bond donors (Lipinski definition) is 0. The first-order chi connectivity index (χ1) is 16.5. The zero-order valence-corrected chi connectivity index (χ0v) is 21.1. The summed E-state index contributed by atoms with van der Waals surface area (Å²) in [5.74, 6) is 2.46. The topological polar surface area (TPSA) is 58.0 Å². The Labute approximate surface area is 205 Å². The second-order valence-corrected chi connectivity index (χ2v) is 9.26. The normalized spacial score (nSPS) is 16.6. The molecule has 1 aliphatic rings. The summed E-state index contributed by atoms with van der Waals surface area (Å²) in [6, 6.07) is 18.6. The van der Waals surface area contributed by atoms with Crippen LogP contribution in [0.25, 0.3) is 0 Å². The molecular weight excluding hydrogens is 426 g/mol. The van der Waals surface area contributed by atoms with Crippen LogP contribution in [0.3, 0.4) is 0 Å². The molecule has 1 atom stereocenters. The van der Waals surface area contributed by atoms with Crippen LogP contribution in [0.2, 0.25) is 0 Å². The standard InChI is InChI=1S/C28H39N3O3/c1-23(2)28(22-29,24-9-6-5-7-10-24)13-8-14-30-15-17-31(18-16-30)19-20-34-25-11-12-26(32-3)27(21-25)33-4/h5-7,9-12,21,23H,8,13-20H2,1-4H3. The highest BCUT2D eigenvalue weighted by molar-refractivity contribution is 5.45. The van der Waals surface area contributed by atoms with Gasteiger partial charge in [0.05, 0.1) is 25.7 Å². The Morgan fingerprint density at radius 3 is 2.15 bits per heavy atom. The smallest absolute Gasteiger partial charge is 0.164 e. The van der Waals surface area contributed by atoms with Gasteiger partial charge in [-0.25, -0.2) is 0 Å². The molecule has 0 radical (unpaired) electrons. The van der Waals surface area contributed by atoms with Gasteiger partial charge in [-0.05, 0) is 43.0 Å². The number of nitriles is 1. The van der Waals surface area contributed by atoms with Crippen molar-refractivity contribution in [2.75, 3.05) is 60.1 Å². The van der Waals surface area contributed by atoms with Gasteiger partial charge in [0.2, 0.25) is 0 Å². The van der Waals surface area contributed by atoms with Gasteiger partial charge < -0.3 is 19.1 Å². The number of ether oxygens (including phenoxy) is 3. The van der Waals surface area contributed by atoms with Crippen LogP contribution in [0.4, 0.5) is 0 Å². The highest BCUT2D eigenvalue weighted by Gasteiger charge is 2.35. The van der Waals surface area contributed by atoms with Crippen LogP contribution in [0.1, 0.15) is 32.3 Å². The summed E-state index contributed by atoms with van der Waals surface area (Å²) in [5.41, 5.74) is 0.733. The maximum Gasteiger partial charge on any atom is 0.164 e. The van der Waals surface area contributed by atoms with Gasteiger partial charge in [-0.3, -0.25) is 4.90 Å². The lowest BCUT2D eigenvalue weighted by Crippen LogP contribution is -2.47. The van der Waals surface area contributed by atoms with E-state index in [-0.39, 0.29) is 5.92 Å². The van der Waals surface area contributed by atoms with Crippen molar-refractivity contribution in [1.82, 2.24) is 9.80 Å². The van der Waals surface area contributed by atoms with E-state index >= 15 is 0 Å². The van der Waals surface area contributed by atoms with E-state index in [9.17, 15) is 5.26 Å². The molecular formula is C28H39N3O3. The average molecular weight is 466 g/mol. The van der Waals surface area contributed by atoms with Gasteiger partial charge in [0, 0.05) is 38.8 Å². The number of piperazine rings is 1. The van der Waals surface area contributed by atoms with E-state index in [0.717, 1.165) is 63.4 Å². The Morgan fingerprint density at radius 1 is 0.912 bits per heavy atom. The minimum Gasteiger partial charge on any atom is -0.493 e. The molecule has 0 amide bonds. The summed E-state index contributed by atoms with van der Waals surface area (Å²) in [6.07, 6.45) is 1.92. The van der Waals surface area contributed by atoms with Crippen molar-refractivity contribution in [3.8, 4) is 23.3 Å². The minimum absolute atomic E-state index is 0.280. The predicted octanol–water partition coefficient (Wildman–Crippen LogP) is 4.60. The summed E-state index contributed by atoms with van der Waals surface area (Å²) >= 11 is 0. The highest BCUT2D eigenvalue weighted by atomic mass is 16.5. The van der Waals surface area contributed by atoms with Crippen molar-refractivity contribution in [3.05, 3.63) is 54.1 Å². The predicted molar refractivity (Wildman–Crippen MR) is 136 cm³/mol. The van der Waals surface area contributed by atoms with Gasteiger partial charge >= 0.3 is 0 Å². The zero-order valence-electron chi connectivity index (χ0n) is 21.1. The van der Waals surface area contributed by atoms with Gasteiger partial charge in [-0.2, -0.15) is 5.26 Å². The Hall–Kier alpha value is -2.75. The van der Waals surface area contributed by atoms with E-state index in [4.69, 9.17) is 14.2 Å². The van der Waals surface area contributed by atoms with Crippen molar-refractivity contribution in [3.63, 3.8) is 0 Å². The molecule has 0 saturated carbocycles. The SMILES string of the molecule is COc1ccc(OCCN2CCN(CCCC(C#N)(c3ccccc3)C(C)C)CC2)cc1OC. The number of nitrogens with zero attached hydrogens (tertiary/aromatic N) is 3. The van der Waals surface area contributed by atoms with Gasteiger partial charge in [-0.1, -0.05) is 44.2 Å². The Kier molecular flexibility index (Phi) is 9.62. The molecule has 0 aromatic heterocycles. The van der Waals surface area contributed by atoms with Gasteiger partial charge in [-0.15, -0.1) is 0 Å². The second-order valence-electron chi connectivity index (χ2n) is 9.26. The number of rotatable bonds is 12. The summed E-state index contributed by atoms with van der Waals surface area (Å²) < 4.78 is 16.6. The molecule has 1 unspecified atom stereocenters. The van der Waals surface area contributed by atoms with E-state index < -0.39 is 5.41 Å². The van der Waals surface area contributed by atoms with Crippen LogP contribution in [-0.4, -0.2) is 69.9 Å². The number of hydrogen-bond acceptors (Lipinski definition) is 6. The molecule has 0 N–H and O–H groups in total. The highest BCUT2D eigenvalue weighted by Crippen LogP contribution is 2.36. The summed E-state index contributed by atoms with van der Waals surface area (Å²) in [4.78, 5) is 4.98. The first-order valence-corrected chi connectivity index (χ1v) is 12.3. The molecule has 1 fully saturated rings. The molecule has 6 heteroatoms. The maximum absolute atomic E-state index is 10.1. The van der Waals surface area contributed by atoms with Crippen LogP contribution < -0.4 is 14.2 Å². The first-order valence-electron chi connectivity index (χ1n) is 12.3.